The molecule has 2 aliphatic rings. The minimum absolute atomic E-state index is 0.0279. The molecular weight excluding hydrogens is 351 g/mol. The van der Waals surface area contributed by atoms with Crippen LogP contribution in [-0.2, 0) is 15.7 Å². The Kier molecular flexibility index (Phi) is 4.81. The summed E-state index contributed by atoms with van der Waals surface area (Å²) in [4.78, 5) is 29.6. The molecule has 6 nitrogen and oxygen atoms in total. The molecule has 2 amide bonds. The largest absolute Gasteiger partial charge is 0.449 e. The molecule has 1 saturated heterocycles. The van der Waals surface area contributed by atoms with Crippen molar-refractivity contribution in [3.63, 3.8) is 0 Å². The zero-order chi connectivity index (χ0) is 19.1. The highest BCUT2D eigenvalue weighted by atomic mass is 19.4. The highest BCUT2D eigenvalue weighted by Crippen LogP contribution is 2.48. The fraction of sp³-hybridized carbons (Fsp3) is 0.588. The molecule has 1 N–H and O–H groups in total. The van der Waals surface area contributed by atoms with E-state index in [0.29, 0.717) is 6.42 Å². The van der Waals surface area contributed by atoms with Crippen molar-refractivity contribution in [3.05, 3.63) is 23.9 Å². The molecule has 9 heteroatoms. The number of piperidine rings is 1. The van der Waals surface area contributed by atoms with Crippen LogP contribution in [0.3, 0.4) is 0 Å². The first-order valence-corrected chi connectivity index (χ1v) is 8.47. The number of nitrogens with zero attached hydrogens (tertiary/aromatic N) is 2. The maximum atomic E-state index is 12.7. The van der Waals surface area contributed by atoms with Gasteiger partial charge in [0.1, 0.15) is 17.6 Å². The third kappa shape index (κ3) is 3.91. The van der Waals surface area contributed by atoms with Crippen LogP contribution in [0.25, 0.3) is 0 Å². The lowest BCUT2D eigenvalue weighted by atomic mass is 10.1. The van der Waals surface area contributed by atoms with E-state index in [-0.39, 0.29) is 30.3 Å². The summed E-state index contributed by atoms with van der Waals surface area (Å²) in [5, 5.41) is 2.39. The van der Waals surface area contributed by atoms with Crippen molar-refractivity contribution >= 4 is 17.8 Å². The Labute approximate surface area is 148 Å². The second-order valence-corrected chi connectivity index (χ2v) is 7.09. The van der Waals surface area contributed by atoms with Gasteiger partial charge in [-0.2, -0.15) is 13.2 Å². The molecule has 1 saturated carbocycles. The van der Waals surface area contributed by atoms with E-state index in [1.807, 2.05) is 13.8 Å². The van der Waals surface area contributed by atoms with E-state index in [0.717, 1.165) is 12.5 Å². The van der Waals surface area contributed by atoms with Crippen LogP contribution >= 0.6 is 0 Å². The van der Waals surface area contributed by atoms with Gasteiger partial charge < -0.3 is 10.1 Å². The monoisotopic (exact) mass is 371 g/mol. The molecule has 1 aliphatic carbocycles. The Morgan fingerprint density at radius 2 is 2.08 bits per heavy atom. The van der Waals surface area contributed by atoms with Gasteiger partial charge in [0.05, 0.1) is 6.61 Å². The zero-order valence-corrected chi connectivity index (χ0v) is 14.4. The van der Waals surface area contributed by atoms with Crippen molar-refractivity contribution in [1.29, 1.82) is 0 Å². The second kappa shape index (κ2) is 6.77. The summed E-state index contributed by atoms with van der Waals surface area (Å²) in [6.45, 7) is 4.05. The van der Waals surface area contributed by atoms with Crippen molar-refractivity contribution in [3.8, 4) is 0 Å². The molecule has 0 aromatic carbocycles. The summed E-state index contributed by atoms with van der Waals surface area (Å²) >= 11 is 0. The summed E-state index contributed by atoms with van der Waals surface area (Å²) in [7, 11) is 0. The molecule has 0 bridgehead atoms. The Morgan fingerprint density at radius 1 is 1.35 bits per heavy atom. The van der Waals surface area contributed by atoms with Gasteiger partial charge in [-0.3, -0.25) is 9.69 Å². The number of fused-ring (bicyclic) bond motifs is 1. The maximum absolute atomic E-state index is 12.7. The third-order valence-electron chi connectivity index (χ3n) is 4.45. The van der Waals surface area contributed by atoms with Gasteiger partial charge in [0, 0.05) is 6.04 Å². The second-order valence-electron chi connectivity index (χ2n) is 7.09. The number of carbonyl (C=O) groups is 2. The molecule has 3 rings (SSSR count). The molecule has 2 heterocycles. The lowest BCUT2D eigenvalue weighted by Gasteiger charge is -2.26. The topological polar surface area (TPSA) is 71.5 Å². The van der Waals surface area contributed by atoms with Crippen LogP contribution in [0.15, 0.2) is 18.2 Å². The molecular formula is C17H20F3N3O3. The number of hydrogen-bond acceptors (Lipinski definition) is 4. The van der Waals surface area contributed by atoms with Crippen LogP contribution in [0, 0.1) is 11.8 Å². The Bertz CT molecular complexity index is 708. The molecule has 2 fully saturated rings. The van der Waals surface area contributed by atoms with Crippen molar-refractivity contribution < 1.29 is 27.5 Å². The summed E-state index contributed by atoms with van der Waals surface area (Å²) in [6, 6.07) is 2.50. The Balaban J connectivity index is 1.68. The van der Waals surface area contributed by atoms with Gasteiger partial charge >= 0.3 is 12.3 Å². The summed E-state index contributed by atoms with van der Waals surface area (Å²) in [6.07, 6.45) is -3.85. The van der Waals surface area contributed by atoms with Crippen LogP contribution in [-0.4, -0.2) is 40.6 Å². The van der Waals surface area contributed by atoms with Crippen LogP contribution in [0.2, 0.25) is 0 Å². The lowest BCUT2D eigenvalue weighted by molar-refractivity contribution is -0.141. The van der Waals surface area contributed by atoms with E-state index in [9.17, 15) is 22.8 Å². The number of alkyl halides is 3. The SMILES string of the molecule is CC(C)COC(=O)N1C(C(=O)Nc2cccc(C(F)(F)F)n2)CC2CC21. The number of carbonyl (C=O) groups excluding carboxylic acids is 2. The number of halogens is 3. The van der Waals surface area contributed by atoms with Gasteiger partial charge in [-0.1, -0.05) is 19.9 Å². The first-order valence-electron chi connectivity index (χ1n) is 8.47. The van der Waals surface area contributed by atoms with E-state index in [4.69, 9.17) is 4.74 Å². The van der Waals surface area contributed by atoms with Gasteiger partial charge in [-0.05, 0) is 36.8 Å². The highest BCUT2D eigenvalue weighted by molar-refractivity contribution is 5.96. The van der Waals surface area contributed by atoms with Gasteiger partial charge in [0.2, 0.25) is 5.91 Å². The number of amides is 2. The van der Waals surface area contributed by atoms with Gasteiger partial charge in [0.25, 0.3) is 0 Å². The van der Waals surface area contributed by atoms with Gasteiger partial charge in [0.15, 0.2) is 0 Å². The summed E-state index contributed by atoms with van der Waals surface area (Å²) in [5.41, 5.74) is -1.09. The number of ether oxygens (including phenoxy) is 1. The summed E-state index contributed by atoms with van der Waals surface area (Å²) < 4.78 is 43.4. The number of anilines is 1. The smallest absolute Gasteiger partial charge is 0.433 e. The van der Waals surface area contributed by atoms with E-state index in [1.54, 1.807) is 0 Å². The van der Waals surface area contributed by atoms with Crippen molar-refractivity contribution in [1.82, 2.24) is 9.88 Å². The predicted octanol–water partition coefficient (Wildman–Crippen LogP) is 3.29. The molecule has 0 radical (unpaired) electrons. The zero-order valence-electron chi connectivity index (χ0n) is 14.4. The van der Waals surface area contributed by atoms with Crippen LogP contribution < -0.4 is 5.32 Å². The number of aromatic nitrogens is 1. The molecule has 1 aromatic heterocycles. The number of likely N-dealkylation sites (tertiary alicyclic amines) is 1. The minimum atomic E-state index is -4.59. The van der Waals surface area contributed by atoms with E-state index in [1.165, 1.54) is 17.0 Å². The first kappa shape index (κ1) is 18.5. The fourth-order valence-corrected chi connectivity index (χ4v) is 3.14. The minimum Gasteiger partial charge on any atom is -0.449 e. The summed E-state index contributed by atoms with van der Waals surface area (Å²) in [5.74, 6) is -0.337. The average Bonchev–Trinajstić information content (AvgIpc) is 3.22. The molecule has 3 unspecified atom stereocenters. The van der Waals surface area contributed by atoms with Gasteiger partial charge in [-0.15, -0.1) is 0 Å². The van der Waals surface area contributed by atoms with Crippen LogP contribution in [0.5, 0.6) is 0 Å². The number of nitrogens with one attached hydrogen (secondary N) is 1. The van der Waals surface area contributed by atoms with Crippen LogP contribution in [0.4, 0.5) is 23.8 Å². The molecule has 26 heavy (non-hydrogen) atoms. The number of rotatable bonds is 4. The quantitative estimate of drug-likeness (QED) is 0.882. The number of pyridine rings is 1. The number of hydrogen-bond donors (Lipinski definition) is 1. The third-order valence-corrected chi connectivity index (χ3v) is 4.45. The average molecular weight is 371 g/mol. The molecule has 142 valence electrons. The predicted molar refractivity (Wildman–Crippen MR) is 86.2 cm³/mol. The fourth-order valence-electron chi connectivity index (χ4n) is 3.14. The maximum Gasteiger partial charge on any atom is 0.433 e. The molecule has 0 spiro atoms. The van der Waals surface area contributed by atoms with Crippen molar-refractivity contribution in [2.45, 2.75) is 44.9 Å². The van der Waals surface area contributed by atoms with Crippen molar-refractivity contribution in [2.75, 3.05) is 11.9 Å². The Hall–Kier alpha value is -2.32. The Morgan fingerprint density at radius 3 is 2.73 bits per heavy atom. The lowest BCUT2D eigenvalue weighted by Crippen LogP contribution is -2.46. The first-order chi connectivity index (χ1) is 12.2. The standard InChI is InChI=1S/C17H20F3N3O3/c1-9(2)8-26-16(25)23-11-6-10(11)7-12(23)15(24)22-14-5-3-4-13(21-14)17(18,19)20/h3-5,9-12H,6-8H2,1-2H3,(H,21,22,24). The van der Waals surface area contributed by atoms with E-state index < -0.39 is 29.9 Å². The van der Waals surface area contributed by atoms with Gasteiger partial charge in [-0.25, -0.2) is 9.78 Å². The molecule has 3 atom stereocenters. The van der Waals surface area contributed by atoms with Crippen LogP contribution in [0.1, 0.15) is 32.4 Å². The van der Waals surface area contributed by atoms with E-state index in [2.05, 4.69) is 10.3 Å². The molecule has 1 aromatic rings. The molecule has 1 aliphatic heterocycles. The highest BCUT2D eigenvalue weighted by Gasteiger charge is 2.56. The normalized spacial score (nSPS) is 24.4. The van der Waals surface area contributed by atoms with E-state index >= 15 is 0 Å². The van der Waals surface area contributed by atoms with Crippen molar-refractivity contribution in [2.24, 2.45) is 11.8 Å².